The zero-order valence-electron chi connectivity index (χ0n) is 22.6. The first kappa shape index (κ1) is 24.6. The summed E-state index contributed by atoms with van der Waals surface area (Å²) in [7, 11) is 1.91. The molecule has 2 aromatic heterocycles. The smallest absolute Gasteiger partial charge is 0.230 e. The fourth-order valence-corrected chi connectivity index (χ4v) is 5.22. The predicted molar refractivity (Wildman–Crippen MR) is 153 cm³/mol. The Morgan fingerprint density at radius 3 is 2.61 bits per heavy atom. The lowest BCUT2D eigenvalue weighted by Gasteiger charge is -2.30. The van der Waals surface area contributed by atoms with Gasteiger partial charge in [-0.05, 0) is 78.4 Å². The van der Waals surface area contributed by atoms with Crippen molar-refractivity contribution in [2.24, 2.45) is 13.0 Å². The minimum atomic E-state index is -1.06. The van der Waals surface area contributed by atoms with Crippen LogP contribution in [-0.2, 0) is 23.2 Å². The maximum atomic E-state index is 13.9. The van der Waals surface area contributed by atoms with Gasteiger partial charge in [0, 0.05) is 29.6 Å². The molecule has 2 heterocycles. The molecule has 0 aliphatic heterocycles. The highest BCUT2D eigenvalue weighted by molar-refractivity contribution is 6.31. The zero-order chi connectivity index (χ0) is 27.5. The van der Waals surface area contributed by atoms with Gasteiger partial charge in [0.2, 0.25) is 5.91 Å². The van der Waals surface area contributed by atoms with Crippen molar-refractivity contribution in [2.45, 2.75) is 45.5 Å². The molecule has 1 aliphatic rings. The van der Waals surface area contributed by atoms with E-state index in [1.165, 1.54) is 17.9 Å². The summed E-state index contributed by atoms with van der Waals surface area (Å²) in [5.74, 6) is -0.317. The first-order valence-corrected chi connectivity index (χ1v) is 13.3. The van der Waals surface area contributed by atoms with Crippen LogP contribution in [0.2, 0.25) is 5.02 Å². The average molecular weight is 528 g/mol. The van der Waals surface area contributed by atoms with Crippen LogP contribution in [0.5, 0.6) is 0 Å². The fraction of sp³-hybridized carbons (Fsp3) is 0.290. The van der Waals surface area contributed by atoms with Crippen molar-refractivity contribution in [3.05, 3.63) is 83.3 Å². The van der Waals surface area contributed by atoms with Gasteiger partial charge in [0.05, 0.1) is 31.5 Å². The molecule has 194 valence electrons. The number of carbonyl (C=O) groups excluding carboxylic acids is 2. The van der Waals surface area contributed by atoms with Crippen LogP contribution in [0, 0.1) is 5.92 Å². The summed E-state index contributed by atoms with van der Waals surface area (Å²) in [6, 6.07) is 13.5. The van der Waals surface area contributed by atoms with Gasteiger partial charge in [-0.3, -0.25) is 19.3 Å². The number of nitrogens with zero attached hydrogens (tertiary/aromatic N) is 4. The minimum Gasteiger partial charge on any atom is -0.306 e. The number of amides is 1. The highest BCUT2D eigenvalue weighted by Crippen LogP contribution is 2.32. The predicted octanol–water partition coefficient (Wildman–Crippen LogP) is 7.00. The Hall–Kier alpha value is -3.77. The number of benzene rings is 2. The van der Waals surface area contributed by atoms with Gasteiger partial charge >= 0.3 is 0 Å². The number of halogens is 1. The molecule has 7 heteroatoms. The molecule has 38 heavy (non-hydrogen) atoms. The summed E-state index contributed by atoms with van der Waals surface area (Å²) in [5, 5.41) is 5.77. The number of anilines is 1. The third kappa shape index (κ3) is 5.70. The number of hydrogen-bond acceptors (Lipinski definition) is 4. The first-order chi connectivity index (χ1) is 18.8. The molecule has 2 aromatic carbocycles. The topological polar surface area (TPSA) is 68.1 Å². The van der Waals surface area contributed by atoms with E-state index in [0.29, 0.717) is 21.8 Å². The van der Waals surface area contributed by atoms with Gasteiger partial charge < -0.3 is 4.90 Å². The van der Waals surface area contributed by atoms with Crippen LogP contribution in [0.4, 0.5) is 5.69 Å². The maximum absolute atomic E-state index is 13.9. The lowest BCUT2D eigenvalue weighted by Crippen LogP contribution is -2.37. The molecular weight excluding hydrogens is 496 g/mol. The van der Waals surface area contributed by atoms with Crippen molar-refractivity contribution in [3.63, 3.8) is 0 Å². The van der Waals surface area contributed by atoms with Crippen LogP contribution in [0.15, 0.2) is 67.1 Å². The average Bonchev–Trinajstić information content (AvgIpc) is 3.32. The summed E-state index contributed by atoms with van der Waals surface area (Å²) in [6.07, 6.45) is 12.9. The van der Waals surface area contributed by atoms with Crippen LogP contribution in [0.1, 0.15) is 51.5 Å². The van der Waals surface area contributed by atoms with Gasteiger partial charge in [0.1, 0.15) is 0 Å². The molecule has 1 fully saturated rings. The number of hydrogen-bond donors (Lipinski definition) is 0. The number of pyridine rings is 1. The third-order valence-corrected chi connectivity index (χ3v) is 7.40. The van der Waals surface area contributed by atoms with Crippen molar-refractivity contribution < 1.29 is 11.0 Å². The van der Waals surface area contributed by atoms with Gasteiger partial charge in [0.25, 0.3) is 0 Å². The molecular formula is C31H31ClN4O2. The number of ketones is 1. The van der Waals surface area contributed by atoms with Crippen LogP contribution in [-0.4, -0.2) is 26.5 Å². The first-order valence-electron chi connectivity index (χ1n) is 13.5. The Balaban J connectivity index is 1.50. The molecule has 5 rings (SSSR count). The Kier molecular flexibility index (Phi) is 7.31. The van der Waals surface area contributed by atoms with E-state index < -0.39 is 6.52 Å². The number of fused-ring (bicyclic) bond motifs is 1. The maximum Gasteiger partial charge on any atom is 0.230 e. The molecule has 0 spiro atoms. The van der Waals surface area contributed by atoms with Crippen LogP contribution >= 0.6 is 11.6 Å². The summed E-state index contributed by atoms with van der Waals surface area (Å²) in [4.78, 5) is 31.1. The van der Waals surface area contributed by atoms with E-state index in [2.05, 4.69) is 16.1 Å². The molecule has 1 atom stereocenters. The van der Waals surface area contributed by atoms with Crippen molar-refractivity contribution in [1.29, 1.82) is 0 Å². The second-order valence-electron chi connectivity index (χ2n) is 9.87. The number of rotatable bonds is 7. The second-order valence-corrected chi connectivity index (χ2v) is 10.3. The summed E-state index contributed by atoms with van der Waals surface area (Å²) in [5.41, 5.74) is 4.69. The van der Waals surface area contributed by atoms with Gasteiger partial charge in [-0.1, -0.05) is 49.1 Å². The van der Waals surface area contributed by atoms with Crippen molar-refractivity contribution in [2.75, 3.05) is 4.90 Å². The highest BCUT2D eigenvalue weighted by Gasteiger charge is 2.28. The van der Waals surface area contributed by atoms with E-state index in [9.17, 15) is 11.0 Å². The normalized spacial score (nSPS) is 15.5. The summed E-state index contributed by atoms with van der Waals surface area (Å²) >= 11 is 6.80. The molecule has 6 nitrogen and oxygen atoms in total. The molecule has 1 saturated carbocycles. The lowest BCUT2D eigenvalue weighted by atomic mass is 9.88. The standard InChI is InChI=1S/C31H31ClN4O2/c1-21(37)8-9-22-14-28(19-33-17-22)36(31(38)23-6-4-3-5-7-23)20-26-11-10-25(16-29(26)32)24-12-13-30-27(15-24)18-34-35(30)2/h8-19,23H,3-7,20H2,1-2H3/b9-8+/i20D. The van der Waals surface area contributed by atoms with Gasteiger partial charge in [0.15, 0.2) is 5.78 Å². The number of allylic oxidation sites excluding steroid dienone is 1. The number of aromatic nitrogens is 3. The second kappa shape index (κ2) is 11.3. The Morgan fingerprint density at radius 2 is 1.84 bits per heavy atom. The minimum absolute atomic E-state index is 0.0801. The fourth-order valence-electron chi connectivity index (χ4n) is 4.99. The largest absolute Gasteiger partial charge is 0.306 e. The molecule has 1 aliphatic carbocycles. The zero-order valence-corrected chi connectivity index (χ0v) is 22.4. The van der Waals surface area contributed by atoms with Crippen molar-refractivity contribution >= 4 is 46.0 Å². The molecule has 1 unspecified atom stereocenters. The van der Waals surface area contributed by atoms with Crippen molar-refractivity contribution in [1.82, 2.24) is 14.8 Å². The monoisotopic (exact) mass is 527 g/mol. The van der Waals surface area contributed by atoms with Crippen LogP contribution < -0.4 is 4.90 Å². The van der Waals surface area contributed by atoms with Gasteiger partial charge in [-0.25, -0.2) is 0 Å². The van der Waals surface area contributed by atoms with Crippen molar-refractivity contribution in [3.8, 4) is 11.1 Å². The molecule has 0 radical (unpaired) electrons. The van der Waals surface area contributed by atoms with Crippen LogP contribution in [0.3, 0.4) is 0 Å². The SMILES string of the molecule is [2H]C(c1ccc(-c2ccc3c(cnn3C)c2)cc1Cl)N(C(=O)C1CCCCC1)c1cncc(/C=C/C(C)=O)c1. The Bertz CT molecular complexity index is 1560. The molecule has 0 N–H and O–H groups in total. The Labute approximate surface area is 229 Å². The number of carbonyl (C=O) groups is 2. The quantitative estimate of drug-likeness (QED) is 0.242. The highest BCUT2D eigenvalue weighted by atomic mass is 35.5. The molecule has 1 amide bonds. The van der Waals surface area contributed by atoms with E-state index in [4.69, 9.17) is 11.6 Å². The lowest BCUT2D eigenvalue weighted by molar-refractivity contribution is -0.123. The summed E-state index contributed by atoms with van der Waals surface area (Å²) in [6.45, 7) is 0.420. The van der Waals surface area contributed by atoms with Gasteiger partial charge in [-0.15, -0.1) is 0 Å². The molecule has 0 bridgehead atoms. The van der Waals surface area contributed by atoms with Crippen LogP contribution in [0.25, 0.3) is 28.1 Å². The number of aryl methyl sites for hydroxylation is 1. The third-order valence-electron chi connectivity index (χ3n) is 7.07. The van der Waals surface area contributed by atoms with E-state index in [1.54, 1.807) is 24.5 Å². The Morgan fingerprint density at radius 1 is 1.08 bits per heavy atom. The van der Waals surface area contributed by atoms with Gasteiger partial charge in [-0.2, -0.15) is 5.10 Å². The summed E-state index contributed by atoms with van der Waals surface area (Å²) < 4.78 is 11.1. The van der Waals surface area contributed by atoms with E-state index in [-0.39, 0.29) is 17.6 Å². The van der Waals surface area contributed by atoms with E-state index >= 15 is 0 Å². The van der Waals surface area contributed by atoms with E-state index in [0.717, 1.165) is 54.1 Å². The van der Waals surface area contributed by atoms with E-state index in [1.807, 2.05) is 48.3 Å². The molecule has 0 saturated heterocycles. The molecule has 4 aromatic rings.